The quantitative estimate of drug-likeness (QED) is 0.671. The number of amides is 1. The van der Waals surface area contributed by atoms with Crippen LogP contribution >= 0.6 is 0 Å². The zero-order valence-electron chi connectivity index (χ0n) is 10.9. The van der Waals surface area contributed by atoms with Crippen LogP contribution in [-0.4, -0.2) is 49.0 Å². The second-order valence-corrected chi connectivity index (χ2v) is 5.46. The van der Waals surface area contributed by atoms with Crippen LogP contribution in [0.15, 0.2) is 0 Å². The third kappa shape index (κ3) is 4.23. The van der Waals surface area contributed by atoms with E-state index in [-0.39, 0.29) is 12.0 Å². The highest BCUT2D eigenvalue weighted by Crippen LogP contribution is 2.27. The molecule has 5 heteroatoms. The number of ether oxygens (including phenoxy) is 1. The summed E-state index contributed by atoms with van der Waals surface area (Å²) in [5.41, 5.74) is -0.681. The fourth-order valence-electron chi connectivity index (χ4n) is 2.68. The van der Waals surface area contributed by atoms with Crippen molar-refractivity contribution in [3.05, 3.63) is 0 Å². The van der Waals surface area contributed by atoms with E-state index in [1.165, 1.54) is 6.42 Å². The molecule has 1 unspecified atom stereocenters. The van der Waals surface area contributed by atoms with Crippen LogP contribution in [0.1, 0.15) is 38.5 Å². The Labute approximate surface area is 108 Å². The lowest BCUT2D eigenvalue weighted by molar-refractivity contribution is -0.126. The van der Waals surface area contributed by atoms with E-state index in [1.807, 2.05) is 0 Å². The Morgan fingerprint density at radius 1 is 1.39 bits per heavy atom. The van der Waals surface area contributed by atoms with Crippen molar-refractivity contribution >= 4 is 5.91 Å². The third-order valence-corrected chi connectivity index (χ3v) is 3.82. The molecule has 1 saturated heterocycles. The van der Waals surface area contributed by atoms with Gasteiger partial charge in [0.05, 0.1) is 24.7 Å². The van der Waals surface area contributed by atoms with E-state index in [1.54, 1.807) is 0 Å². The van der Waals surface area contributed by atoms with Gasteiger partial charge in [-0.3, -0.25) is 4.79 Å². The summed E-state index contributed by atoms with van der Waals surface area (Å²) in [6.07, 6.45) is 5.26. The van der Waals surface area contributed by atoms with Gasteiger partial charge in [-0.1, -0.05) is 19.3 Å². The number of carbonyl (C=O) groups excluding carboxylic acids is 1. The van der Waals surface area contributed by atoms with Crippen LogP contribution in [0.2, 0.25) is 0 Å². The molecule has 2 rings (SSSR count). The van der Waals surface area contributed by atoms with Crippen LogP contribution in [0.25, 0.3) is 0 Å². The minimum atomic E-state index is -0.681. The lowest BCUT2D eigenvalue weighted by atomic mass is 9.85. The SMILES string of the molecule is O=C(CC1CNCCO1)NCC1(O)CCCCC1. The molecule has 0 spiro atoms. The van der Waals surface area contributed by atoms with Crippen molar-refractivity contribution in [1.82, 2.24) is 10.6 Å². The van der Waals surface area contributed by atoms with Crippen molar-refractivity contribution in [3.8, 4) is 0 Å². The average molecular weight is 256 g/mol. The first-order valence-electron chi connectivity index (χ1n) is 6.99. The van der Waals surface area contributed by atoms with Gasteiger partial charge >= 0.3 is 0 Å². The van der Waals surface area contributed by atoms with Crippen molar-refractivity contribution < 1.29 is 14.6 Å². The van der Waals surface area contributed by atoms with Gasteiger partial charge in [-0.05, 0) is 12.8 Å². The highest BCUT2D eigenvalue weighted by Gasteiger charge is 2.29. The summed E-state index contributed by atoms with van der Waals surface area (Å²) < 4.78 is 5.48. The molecule has 1 amide bonds. The molecular weight excluding hydrogens is 232 g/mol. The Balaban J connectivity index is 1.67. The lowest BCUT2D eigenvalue weighted by Crippen LogP contribution is -2.46. The summed E-state index contributed by atoms with van der Waals surface area (Å²) in [7, 11) is 0. The summed E-state index contributed by atoms with van der Waals surface area (Å²) in [4.78, 5) is 11.8. The molecule has 1 atom stereocenters. The molecule has 1 saturated carbocycles. The van der Waals surface area contributed by atoms with Gasteiger partial charge in [-0.15, -0.1) is 0 Å². The molecule has 1 aliphatic heterocycles. The third-order valence-electron chi connectivity index (χ3n) is 3.82. The van der Waals surface area contributed by atoms with E-state index >= 15 is 0 Å². The van der Waals surface area contributed by atoms with E-state index in [9.17, 15) is 9.90 Å². The summed E-state index contributed by atoms with van der Waals surface area (Å²) >= 11 is 0. The second-order valence-electron chi connectivity index (χ2n) is 5.46. The topological polar surface area (TPSA) is 70.6 Å². The number of morpholine rings is 1. The van der Waals surface area contributed by atoms with E-state index in [2.05, 4.69) is 10.6 Å². The van der Waals surface area contributed by atoms with Crippen LogP contribution < -0.4 is 10.6 Å². The predicted molar refractivity (Wildman–Crippen MR) is 68.3 cm³/mol. The predicted octanol–water partition coefficient (Wildman–Crippen LogP) is 0.176. The van der Waals surface area contributed by atoms with Crippen LogP contribution in [0.4, 0.5) is 0 Å². The Kier molecular flexibility index (Phi) is 4.97. The van der Waals surface area contributed by atoms with Gasteiger partial charge in [0.15, 0.2) is 0 Å². The zero-order valence-corrected chi connectivity index (χ0v) is 10.9. The van der Waals surface area contributed by atoms with E-state index in [0.29, 0.717) is 19.6 Å². The molecule has 18 heavy (non-hydrogen) atoms. The van der Waals surface area contributed by atoms with Crippen molar-refractivity contribution in [3.63, 3.8) is 0 Å². The molecular formula is C13H24N2O3. The minimum absolute atomic E-state index is 0.0253. The summed E-state index contributed by atoms with van der Waals surface area (Å²) in [5.74, 6) is -0.0253. The minimum Gasteiger partial charge on any atom is -0.388 e. The maximum Gasteiger partial charge on any atom is 0.222 e. The summed E-state index contributed by atoms with van der Waals surface area (Å²) in [6.45, 7) is 2.64. The number of nitrogens with one attached hydrogen (secondary N) is 2. The largest absolute Gasteiger partial charge is 0.388 e. The standard InChI is InChI=1S/C13H24N2O3/c16-12(8-11-9-14-6-7-18-11)15-10-13(17)4-2-1-3-5-13/h11,14,17H,1-10H2,(H,15,16). The monoisotopic (exact) mass is 256 g/mol. The molecule has 0 aromatic rings. The van der Waals surface area contributed by atoms with Gasteiger partial charge < -0.3 is 20.5 Å². The number of hydrogen-bond donors (Lipinski definition) is 3. The van der Waals surface area contributed by atoms with Gasteiger partial charge in [0.2, 0.25) is 5.91 Å². The summed E-state index contributed by atoms with van der Waals surface area (Å²) in [5, 5.41) is 16.3. The maximum atomic E-state index is 11.8. The van der Waals surface area contributed by atoms with Crippen molar-refractivity contribution in [1.29, 1.82) is 0 Å². The van der Waals surface area contributed by atoms with Crippen LogP contribution in [-0.2, 0) is 9.53 Å². The molecule has 3 N–H and O–H groups in total. The molecule has 0 aromatic carbocycles. The molecule has 5 nitrogen and oxygen atoms in total. The number of rotatable bonds is 4. The fraction of sp³-hybridized carbons (Fsp3) is 0.923. The summed E-state index contributed by atoms with van der Waals surface area (Å²) in [6, 6.07) is 0. The smallest absolute Gasteiger partial charge is 0.222 e. The van der Waals surface area contributed by atoms with Crippen LogP contribution in [0.5, 0.6) is 0 Å². The zero-order chi connectivity index (χ0) is 12.8. The Bertz CT molecular complexity index is 271. The Morgan fingerprint density at radius 2 is 2.17 bits per heavy atom. The first-order valence-corrected chi connectivity index (χ1v) is 6.99. The first-order chi connectivity index (χ1) is 8.68. The van der Waals surface area contributed by atoms with Gasteiger partial charge in [0.25, 0.3) is 0 Å². The van der Waals surface area contributed by atoms with E-state index < -0.39 is 5.60 Å². The molecule has 1 heterocycles. The molecule has 1 aliphatic carbocycles. The van der Waals surface area contributed by atoms with Crippen LogP contribution in [0.3, 0.4) is 0 Å². The van der Waals surface area contributed by atoms with Gasteiger partial charge in [0.1, 0.15) is 0 Å². The Morgan fingerprint density at radius 3 is 2.83 bits per heavy atom. The lowest BCUT2D eigenvalue weighted by Gasteiger charge is -2.32. The molecule has 0 aromatic heterocycles. The van der Waals surface area contributed by atoms with E-state index in [0.717, 1.165) is 38.8 Å². The van der Waals surface area contributed by atoms with E-state index in [4.69, 9.17) is 4.74 Å². The highest BCUT2D eigenvalue weighted by atomic mass is 16.5. The van der Waals surface area contributed by atoms with Crippen molar-refractivity contribution in [2.45, 2.75) is 50.2 Å². The molecule has 0 radical (unpaired) electrons. The van der Waals surface area contributed by atoms with Gasteiger partial charge in [0, 0.05) is 19.6 Å². The second kappa shape index (κ2) is 6.50. The maximum absolute atomic E-state index is 11.8. The Hall–Kier alpha value is -0.650. The van der Waals surface area contributed by atoms with Crippen molar-refractivity contribution in [2.75, 3.05) is 26.2 Å². The van der Waals surface area contributed by atoms with Gasteiger partial charge in [-0.2, -0.15) is 0 Å². The van der Waals surface area contributed by atoms with Gasteiger partial charge in [-0.25, -0.2) is 0 Å². The average Bonchev–Trinajstić information content (AvgIpc) is 2.39. The fourth-order valence-corrected chi connectivity index (χ4v) is 2.68. The molecule has 2 aliphatic rings. The number of hydrogen-bond acceptors (Lipinski definition) is 4. The first kappa shape index (κ1) is 13.8. The molecule has 0 bridgehead atoms. The number of aliphatic hydroxyl groups is 1. The highest BCUT2D eigenvalue weighted by molar-refractivity contribution is 5.76. The normalized spacial score (nSPS) is 27.7. The van der Waals surface area contributed by atoms with Crippen molar-refractivity contribution in [2.24, 2.45) is 0 Å². The molecule has 2 fully saturated rings. The van der Waals surface area contributed by atoms with Crippen LogP contribution in [0, 0.1) is 0 Å². The number of carbonyl (C=O) groups is 1. The molecule has 104 valence electrons.